The second-order valence-corrected chi connectivity index (χ2v) is 9.02. The number of likely N-dealkylation sites (tertiary alicyclic amines) is 2. The molecule has 3 aliphatic rings. The summed E-state index contributed by atoms with van der Waals surface area (Å²) < 4.78 is 0. The van der Waals surface area contributed by atoms with Crippen LogP contribution in [0.15, 0.2) is 29.3 Å². The van der Waals surface area contributed by atoms with Gasteiger partial charge >= 0.3 is 0 Å². The van der Waals surface area contributed by atoms with Gasteiger partial charge in [0.15, 0.2) is 5.96 Å². The third kappa shape index (κ3) is 5.85. The molecule has 29 heavy (non-hydrogen) atoms. The smallest absolute Gasteiger partial charge is 0.194 e. The molecule has 4 rings (SSSR count). The average Bonchev–Trinajstić information content (AvgIpc) is 3.14. The summed E-state index contributed by atoms with van der Waals surface area (Å²) in [6.45, 7) is 9.12. The first-order valence-electron chi connectivity index (χ1n) is 11.2. The van der Waals surface area contributed by atoms with E-state index < -0.39 is 0 Å². The van der Waals surface area contributed by atoms with E-state index in [-0.39, 0.29) is 30.1 Å². The molecule has 1 aromatic rings. The number of piperidine rings is 1. The minimum atomic E-state index is -0.0998. The van der Waals surface area contributed by atoms with Crippen molar-refractivity contribution in [2.75, 3.05) is 32.7 Å². The first-order valence-corrected chi connectivity index (χ1v) is 11.2. The molecule has 2 aliphatic heterocycles. The minimum absolute atomic E-state index is 0. The molecule has 2 heterocycles. The van der Waals surface area contributed by atoms with E-state index in [0.29, 0.717) is 5.41 Å². The van der Waals surface area contributed by atoms with E-state index in [4.69, 9.17) is 4.99 Å². The van der Waals surface area contributed by atoms with Crippen molar-refractivity contribution in [1.82, 2.24) is 15.1 Å². The summed E-state index contributed by atoms with van der Waals surface area (Å²) in [5, 5.41) is 13.1. The van der Waals surface area contributed by atoms with Crippen LogP contribution in [0.25, 0.3) is 0 Å². The lowest BCUT2D eigenvalue weighted by Gasteiger charge is -2.38. The van der Waals surface area contributed by atoms with Gasteiger partial charge in [0, 0.05) is 39.3 Å². The Balaban J connectivity index is 0.00000240. The molecule has 6 heteroatoms. The summed E-state index contributed by atoms with van der Waals surface area (Å²) >= 11 is 0. The number of hydrogen-bond acceptors (Lipinski definition) is 3. The van der Waals surface area contributed by atoms with E-state index in [1.165, 1.54) is 43.4 Å². The van der Waals surface area contributed by atoms with Crippen molar-refractivity contribution < 1.29 is 5.11 Å². The molecule has 0 unspecified atom stereocenters. The molecule has 1 spiro atoms. The second kappa shape index (κ2) is 10.4. The molecule has 3 fully saturated rings. The zero-order valence-electron chi connectivity index (χ0n) is 17.8. The Morgan fingerprint density at radius 2 is 1.79 bits per heavy atom. The number of rotatable bonds is 5. The number of aliphatic hydroxyl groups excluding tert-OH is 1. The summed E-state index contributed by atoms with van der Waals surface area (Å²) in [6, 6.07) is 8.92. The summed E-state index contributed by atoms with van der Waals surface area (Å²) in [5.41, 5.74) is 3.22. The normalized spacial score (nSPS) is 22.4. The maximum Gasteiger partial charge on any atom is 0.194 e. The summed E-state index contributed by atoms with van der Waals surface area (Å²) in [6.07, 6.45) is 7.25. The Morgan fingerprint density at radius 3 is 2.38 bits per heavy atom. The van der Waals surface area contributed by atoms with Crippen LogP contribution in [0.2, 0.25) is 0 Å². The molecule has 1 aromatic carbocycles. The standard InChI is InChI=1S/C23H36N4O.HI/c1-2-24-22(27-15-12-23(18-27)10-3-11-23)25-16-19-4-6-20(7-5-19)17-26-13-8-21(28)9-14-26;/h4-7,21,28H,2-3,8-18H2,1H3,(H,24,25);1H. The van der Waals surface area contributed by atoms with Gasteiger partial charge in [-0.15, -0.1) is 24.0 Å². The van der Waals surface area contributed by atoms with Crippen LogP contribution in [0, 0.1) is 5.41 Å². The molecule has 0 bridgehead atoms. The molecule has 5 nitrogen and oxygen atoms in total. The number of aliphatic hydroxyl groups is 1. The van der Waals surface area contributed by atoms with Gasteiger partial charge in [-0.25, -0.2) is 4.99 Å². The third-order valence-electron chi connectivity index (χ3n) is 6.88. The van der Waals surface area contributed by atoms with Crippen LogP contribution < -0.4 is 5.32 Å². The molecule has 0 radical (unpaired) electrons. The lowest BCUT2D eigenvalue weighted by molar-refractivity contribution is 0.0792. The van der Waals surface area contributed by atoms with E-state index in [1.807, 2.05) is 0 Å². The highest BCUT2D eigenvalue weighted by molar-refractivity contribution is 14.0. The van der Waals surface area contributed by atoms with Gasteiger partial charge in [0.25, 0.3) is 0 Å². The van der Waals surface area contributed by atoms with Gasteiger partial charge in [0.2, 0.25) is 0 Å². The third-order valence-corrected chi connectivity index (χ3v) is 6.88. The van der Waals surface area contributed by atoms with Crippen molar-refractivity contribution in [2.45, 2.75) is 64.6 Å². The predicted octanol–water partition coefficient (Wildman–Crippen LogP) is 3.60. The van der Waals surface area contributed by atoms with Crippen LogP contribution in [0.5, 0.6) is 0 Å². The van der Waals surface area contributed by atoms with Gasteiger partial charge in [-0.2, -0.15) is 0 Å². The lowest BCUT2D eigenvalue weighted by Crippen LogP contribution is -2.42. The van der Waals surface area contributed by atoms with E-state index >= 15 is 0 Å². The quantitative estimate of drug-likeness (QED) is 0.360. The fourth-order valence-electron chi connectivity index (χ4n) is 4.88. The zero-order chi connectivity index (χ0) is 19.4. The van der Waals surface area contributed by atoms with Crippen molar-refractivity contribution >= 4 is 29.9 Å². The highest BCUT2D eigenvalue weighted by atomic mass is 127. The average molecular weight is 512 g/mol. The fourth-order valence-corrected chi connectivity index (χ4v) is 4.88. The molecule has 162 valence electrons. The molecular weight excluding hydrogens is 475 g/mol. The molecular formula is C23H37IN4O. The minimum Gasteiger partial charge on any atom is -0.393 e. The molecule has 2 N–H and O–H groups in total. The molecule has 0 atom stereocenters. The first-order chi connectivity index (χ1) is 13.7. The summed E-state index contributed by atoms with van der Waals surface area (Å²) in [4.78, 5) is 9.85. The van der Waals surface area contributed by atoms with E-state index in [9.17, 15) is 5.11 Å². The van der Waals surface area contributed by atoms with Crippen LogP contribution in [0.3, 0.4) is 0 Å². The van der Waals surface area contributed by atoms with Crippen LogP contribution in [-0.4, -0.2) is 59.7 Å². The second-order valence-electron chi connectivity index (χ2n) is 9.02. The Labute approximate surface area is 193 Å². The van der Waals surface area contributed by atoms with E-state index in [2.05, 4.69) is 46.3 Å². The van der Waals surface area contributed by atoms with Crippen molar-refractivity contribution in [3.63, 3.8) is 0 Å². The van der Waals surface area contributed by atoms with Gasteiger partial charge < -0.3 is 15.3 Å². The van der Waals surface area contributed by atoms with Gasteiger partial charge in [-0.1, -0.05) is 30.7 Å². The Bertz CT molecular complexity index is 666. The SMILES string of the molecule is CCNC(=NCc1ccc(CN2CCC(O)CC2)cc1)N1CCC2(CCC2)C1.I. The summed E-state index contributed by atoms with van der Waals surface area (Å²) in [5.74, 6) is 1.09. The van der Waals surface area contributed by atoms with Crippen molar-refractivity contribution in [3.05, 3.63) is 35.4 Å². The van der Waals surface area contributed by atoms with E-state index in [1.54, 1.807) is 0 Å². The Hall–Kier alpha value is -0.860. The lowest BCUT2D eigenvalue weighted by atomic mass is 9.68. The van der Waals surface area contributed by atoms with Crippen molar-refractivity contribution in [1.29, 1.82) is 0 Å². The van der Waals surface area contributed by atoms with Gasteiger partial charge in [-0.3, -0.25) is 4.90 Å². The highest BCUT2D eigenvalue weighted by Gasteiger charge is 2.43. The number of benzene rings is 1. The number of halogens is 1. The maximum absolute atomic E-state index is 9.65. The van der Waals surface area contributed by atoms with Crippen LogP contribution in [0.1, 0.15) is 56.6 Å². The van der Waals surface area contributed by atoms with Gasteiger partial charge in [0.05, 0.1) is 12.6 Å². The molecule has 1 saturated carbocycles. The summed E-state index contributed by atoms with van der Waals surface area (Å²) in [7, 11) is 0. The number of nitrogens with one attached hydrogen (secondary N) is 1. The van der Waals surface area contributed by atoms with Crippen LogP contribution >= 0.6 is 24.0 Å². The number of nitrogens with zero attached hydrogens (tertiary/aromatic N) is 3. The zero-order valence-corrected chi connectivity index (χ0v) is 20.1. The van der Waals surface area contributed by atoms with Crippen LogP contribution in [-0.2, 0) is 13.1 Å². The molecule has 2 saturated heterocycles. The van der Waals surface area contributed by atoms with Crippen molar-refractivity contribution in [3.8, 4) is 0 Å². The fraction of sp³-hybridized carbons (Fsp3) is 0.696. The molecule has 0 amide bonds. The Morgan fingerprint density at radius 1 is 1.10 bits per heavy atom. The number of aliphatic imine (C=N–C) groups is 1. The predicted molar refractivity (Wildman–Crippen MR) is 130 cm³/mol. The largest absolute Gasteiger partial charge is 0.393 e. The number of hydrogen-bond donors (Lipinski definition) is 2. The topological polar surface area (TPSA) is 51.1 Å². The van der Waals surface area contributed by atoms with Gasteiger partial charge in [0.1, 0.15) is 0 Å². The van der Waals surface area contributed by atoms with Crippen molar-refractivity contribution in [2.24, 2.45) is 10.4 Å². The first kappa shape index (κ1) is 22.8. The van der Waals surface area contributed by atoms with Gasteiger partial charge in [-0.05, 0) is 55.6 Å². The van der Waals surface area contributed by atoms with Crippen LogP contribution in [0.4, 0.5) is 0 Å². The Kier molecular flexibility index (Phi) is 8.22. The number of guanidine groups is 1. The maximum atomic E-state index is 9.65. The molecule has 0 aromatic heterocycles. The van der Waals surface area contributed by atoms with E-state index in [0.717, 1.165) is 58.1 Å². The highest BCUT2D eigenvalue weighted by Crippen LogP contribution is 2.47. The monoisotopic (exact) mass is 512 g/mol. The molecule has 1 aliphatic carbocycles.